The Morgan fingerprint density at radius 1 is 1.50 bits per heavy atom. The molecule has 1 atom stereocenters. The van der Waals surface area contributed by atoms with Crippen molar-refractivity contribution in [3.05, 3.63) is 0 Å². The first kappa shape index (κ1) is 7.73. The number of aliphatic hydroxyl groups is 1. The highest BCUT2D eigenvalue weighted by Gasteiger charge is 2.37. The molecule has 0 saturated heterocycles. The normalized spacial score (nSPS) is 26.2. The molecule has 2 nitrogen and oxygen atoms in total. The zero-order valence-electron chi connectivity index (χ0n) is 6.34. The molecule has 0 spiro atoms. The second kappa shape index (κ2) is 2.70. The maximum absolute atomic E-state index is 10.6. The van der Waals surface area contributed by atoms with Crippen molar-refractivity contribution in [1.82, 2.24) is 0 Å². The fraction of sp³-hybridized carbons (Fsp3) is 0.875. The van der Waals surface area contributed by atoms with Crippen LogP contribution in [0.1, 0.15) is 32.6 Å². The molecule has 1 aliphatic carbocycles. The van der Waals surface area contributed by atoms with Crippen molar-refractivity contribution in [2.75, 3.05) is 0 Å². The molecule has 0 aliphatic heterocycles. The summed E-state index contributed by atoms with van der Waals surface area (Å²) in [5.74, 6) is 0. The number of carbonyl (C=O) groups is 1. The van der Waals surface area contributed by atoms with Crippen LogP contribution in [0.3, 0.4) is 0 Å². The summed E-state index contributed by atoms with van der Waals surface area (Å²) in [5, 5.41) is 9.27. The van der Waals surface area contributed by atoms with Crippen molar-refractivity contribution in [1.29, 1.82) is 0 Å². The Morgan fingerprint density at radius 2 is 2.00 bits per heavy atom. The van der Waals surface area contributed by atoms with E-state index in [2.05, 4.69) is 0 Å². The van der Waals surface area contributed by atoms with Crippen LogP contribution >= 0.6 is 0 Å². The Bertz CT molecular complexity index is 123. The Morgan fingerprint density at radius 3 is 2.20 bits per heavy atom. The Hall–Kier alpha value is -0.370. The van der Waals surface area contributed by atoms with Gasteiger partial charge in [-0.3, -0.25) is 0 Å². The maximum atomic E-state index is 10.6. The molecule has 0 aromatic carbocycles. The molecule has 2 heteroatoms. The van der Waals surface area contributed by atoms with Gasteiger partial charge < -0.3 is 9.90 Å². The van der Waals surface area contributed by atoms with E-state index in [0.29, 0.717) is 0 Å². The van der Waals surface area contributed by atoms with Gasteiger partial charge in [0, 0.05) is 0 Å². The lowest BCUT2D eigenvalue weighted by atomic mass is 9.83. The molecule has 0 amide bonds. The molecular formula is C8H14O2. The molecule has 10 heavy (non-hydrogen) atoms. The van der Waals surface area contributed by atoms with Crippen LogP contribution in [0.5, 0.6) is 0 Å². The minimum absolute atomic E-state index is 0.389. The van der Waals surface area contributed by atoms with Gasteiger partial charge in [0.15, 0.2) is 0 Å². The first-order chi connectivity index (χ1) is 4.71. The maximum Gasteiger partial charge on any atom is 0.128 e. The third-order valence-corrected chi connectivity index (χ3v) is 2.60. The van der Waals surface area contributed by atoms with Gasteiger partial charge in [-0.15, -0.1) is 0 Å². The number of carbonyl (C=O) groups excluding carboxylic acids is 1. The zero-order chi connectivity index (χ0) is 7.61. The van der Waals surface area contributed by atoms with Crippen LogP contribution in [0.15, 0.2) is 0 Å². The van der Waals surface area contributed by atoms with Crippen molar-refractivity contribution in [2.24, 2.45) is 5.41 Å². The minimum Gasteiger partial charge on any atom is -0.392 e. The molecule has 1 fully saturated rings. The molecule has 0 radical (unpaired) electrons. The number of aliphatic hydroxyl groups excluding tert-OH is 1. The molecular weight excluding hydrogens is 128 g/mol. The number of rotatable bonds is 2. The van der Waals surface area contributed by atoms with Crippen molar-refractivity contribution in [2.45, 2.75) is 38.7 Å². The molecule has 1 rings (SSSR count). The van der Waals surface area contributed by atoms with Crippen molar-refractivity contribution >= 4 is 6.29 Å². The van der Waals surface area contributed by atoms with Gasteiger partial charge in [-0.1, -0.05) is 12.8 Å². The lowest BCUT2D eigenvalue weighted by molar-refractivity contribution is -0.121. The van der Waals surface area contributed by atoms with E-state index < -0.39 is 6.10 Å². The van der Waals surface area contributed by atoms with Crippen LogP contribution in [0.2, 0.25) is 0 Å². The van der Waals surface area contributed by atoms with E-state index in [1.165, 1.54) is 0 Å². The van der Waals surface area contributed by atoms with Crippen molar-refractivity contribution in [3.63, 3.8) is 0 Å². The van der Waals surface area contributed by atoms with Crippen LogP contribution in [0.25, 0.3) is 0 Å². The topological polar surface area (TPSA) is 37.3 Å². The lowest BCUT2D eigenvalue weighted by Gasteiger charge is -2.24. The zero-order valence-corrected chi connectivity index (χ0v) is 6.34. The highest BCUT2D eigenvalue weighted by Crippen LogP contribution is 2.38. The van der Waals surface area contributed by atoms with Crippen LogP contribution in [0.4, 0.5) is 0 Å². The van der Waals surface area contributed by atoms with E-state index >= 15 is 0 Å². The van der Waals surface area contributed by atoms with Crippen molar-refractivity contribution in [3.8, 4) is 0 Å². The third-order valence-electron chi connectivity index (χ3n) is 2.60. The molecule has 58 valence electrons. The summed E-state index contributed by atoms with van der Waals surface area (Å²) in [6.45, 7) is 1.71. The summed E-state index contributed by atoms with van der Waals surface area (Å²) in [4.78, 5) is 10.6. The molecule has 0 aromatic rings. The third kappa shape index (κ3) is 1.08. The molecule has 0 heterocycles. The summed E-state index contributed by atoms with van der Waals surface area (Å²) >= 11 is 0. The Labute approximate surface area is 61.2 Å². The fourth-order valence-electron chi connectivity index (χ4n) is 1.67. The molecule has 1 N–H and O–H groups in total. The summed E-state index contributed by atoms with van der Waals surface area (Å²) in [5.41, 5.74) is -0.389. The SMILES string of the molecule is CC(O)C1(C=O)CCCC1. The smallest absolute Gasteiger partial charge is 0.128 e. The van der Waals surface area contributed by atoms with Gasteiger partial charge in [0.05, 0.1) is 11.5 Å². The fourth-order valence-corrected chi connectivity index (χ4v) is 1.67. The standard InChI is InChI=1S/C8H14O2/c1-7(10)8(6-9)4-2-3-5-8/h6-7,10H,2-5H2,1H3. The first-order valence-corrected chi connectivity index (χ1v) is 3.86. The second-order valence-corrected chi connectivity index (χ2v) is 3.23. The van der Waals surface area contributed by atoms with Gasteiger partial charge in [-0.05, 0) is 19.8 Å². The predicted molar refractivity (Wildman–Crippen MR) is 38.6 cm³/mol. The largest absolute Gasteiger partial charge is 0.392 e. The average molecular weight is 142 g/mol. The average Bonchev–Trinajstić information content (AvgIpc) is 2.35. The van der Waals surface area contributed by atoms with Gasteiger partial charge in [0.1, 0.15) is 6.29 Å². The van der Waals surface area contributed by atoms with E-state index in [-0.39, 0.29) is 5.41 Å². The van der Waals surface area contributed by atoms with Gasteiger partial charge in [0.25, 0.3) is 0 Å². The highest BCUT2D eigenvalue weighted by molar-refractivity contribution is 5.60. The number of aldehydes is 1. The highest BCUT2D eigenvalue weighted by atomic mass is 16.3. The molecule has 0 aromatic heterocycles. The van der Waals surface area contributed by atoms with Crippen LogP contribution in [0, 0.1) is 5.41 Å². The summed E-state index contributed by atoms with van der Waals surface area (Å²) in [6.07, 6.45) is 4.38. The number of hydrogen-bond acceptors (Lipinski definition) is 2. The monoisotopic (exact) mass is 142 g/mol. The van der Waals surface area contributed by atoms with E-state index in [4.69, 9.17) is 0 Å². The van der Waals surface area contributed by atoms with Crippen LogP contribution < -0.4 is 0 Å². The molecule has 0 bridgehead atoms. The van der Waals surface area contributed by atoms with Crippen LogP contribution in [-0.2, 0) is 4.79 Å². The Balaban J connectivity index is 2.67. The van der Waals surface area contributed by atoms with Gasteiger partial charge in [-0.2, -0.15) is 0 Å². The lowest BCUT2D eigenvalue weighted by Crippen LogP contribution is -2.31. The van der Waals surface area contributed by atoms with E-state index in [9.17, 15) is 9.90 Å². The number of hydrogen-bond donors (Lipinski definition) is 1. The van der Waals surface area contributed by atoms with Gasteiger partial charge >= 0.3 is 0 Å². The van der Waals surface area contributed by atoms with E-state index in [1.807, 2.05) is 0 Å². The molecule has 1 saturated carbocycles. The molecule has 1 unspecified atom stereocenters. The van der Waals surface area contributed by atoms with Gasteiger partial charge in [0.2, 0.25) is 0 Å². The summed E-state index contributed by atoms with van der Waals surface area (Å²) < 4.78 is 0. The van der Waals surface area contributed by atoms with Gasteiger partial charge in [-0.25, -0.2) is 0 Å². The summed E-state index contributed by atoms with van der Waals surface area (Å²) in [7, 11) is 0. The summed E-state index contributed by atoms with van der Waals surface area (Å²) in [6, 6.07) is 0. The van der Waals surface area contributed by atoms with Crippen LogP contribution in [-0.4, -0.2) is 17.5 Å². The van der Waals surface area contributed by atoms with Crippen molar-refractivity contribution < 1.29 is 9.90 Å². The predicted octanol–water partition coefficient (Wildman–Crippen LogP) is 1.13. The second-order valence-electron chi connectivity index (χ2n) is 3.23. The quantitative estimate of drug-likeness (QED) is 0.587. The van der Waals surface area contributed by atoms with E-state index in [0.717, 1.165) is 32.0 Å². The molecule has 1 aliphatic rings. The minimum atomic E-state index is -0.465. The Kier molecular flexibility index (Phi) is 2.09. The first-order valence-electron chi connectivity index (χ1n) is 3.86. The van der Waals surface area contributed by atoms with E-state index in [1.54, 1.807) is 6.92 Å².